The largest absolute Gasteiger partial charge is 0.352 e. The second kappa shape index (κ2) is 6.61. The minimum Gasteiger partial charge on any atom is -0.352 e. The van der Waals surface area contributed by atoms with E-state index in [4.69, 9.17) is 0 Å². The molecule has 0 saturated heterocycles. The number of nitrogens with one attached hydrogen (secondary N) is 2. The third kappa shape index (κ3) is 2.79. The highest BCUT2D eigenvalue weighted by atomic mass is 32.1. The standard InChI is InChI=1S/C23H19N7S/c1-12-4-5-22(31-12)16-8-24-9-19-14(16)6-18(27-19)23-15-7-17(26-10-20(15)28-29-23)21-11-25-13(2)30(21)3/h4-11,27H,1-3H3,(H,28,29). The summed E-state index contributed by atoms with van der Waals surface area (Å²) in [4.78, 5) is 19.5. The maximum absolute atomic E-state index is 4.61. The Morgan fingerprint density at radius 2 is 1.84 bits per heavy atom. The molecule has 0 aromatic carbocycles. The van der Waals surface area contributed by atoms with Crippen LogP contribution >= 0.6 is 11.3 Å². The Labute approximate surface area is 181 Å². The summed E-state index contributed by atoms with van der Waals surface area (Å²) in [6.07, 6.45) is 7.48. The number of rotatable bonds is 3. The van der Waals surface area contributed by atoms with Gasteiger partial charge < -0.3 is 9.55 Å². The van der Waals surface area contributed by atoms with E-state index >= 15 is 0 Å². The Hall–Kier alpha value is -3.78. The zero-order valence-corrected chi connectivity index (χ0v) is 18.1. The van der Waals surface area contributed by atoms with Crippen molar-refractivity contribution in [3.05, 3.63) is 59.8 Å². The van der Waals surface area contributed by atoms with Crippen molar-refractivity contribution in [3.8, 4) is 33.2 Å². The van der Waals surface area contributed by atoms with Crippen LogP contribution in [0.1, 0.15) is 10.7 Å². The fourth-order valence-corrected chi connectivity index (χ4v) is 4.85. The summed E-state index contributed by atoms with van der Waals surface area (Å²) in [5.41, 5.74) is 6.66. The van der Waals surface area contributed by atoms with Gasteiger partial charge >= 0.3 is 0 Å². The second-order valence-corrected chi connectivity index (χ2v) is 8.97. The van der Waals surface area contributed by atoms with Gasteiger partial charge in [0.15, 0.2) is 0 Å². The molecule has 8 heteroatoms. The van der Waals surface area contributed by atoms with E-state index in [1.807, 2.05) is 43.3 Å². The van der Waals surface area contributed by atoms with Gasteiger partial charge in [0, 0.05) is 39.3 Å². The number of fused-ring (bicyclic) bond motifs is 2. The zero-order chi connectivity index (χ0) is 21.1. The van der Waals surface area contributed by atoms with E-state index in [-0.39, 0.29) is 0 Å². The number of hydrogen-bond acceptors (Lipinski definition) is 5. The number of aromatic amines is 2. The molecule has 0 unspecified atom stereocenters. The summed E-state index contributed by atoms with van der Waals surface area (Å²) < 4.78 is 2.04. The number of aromatic nitrogens is 7. The lowest BCUT2D eigenvalue weighted by molar-refractivity contribution is 0.862. The van der Waals surface area contributed by atoms with Crippen LogP contribution in [0.15, 0.2) is 49.1 Å². The summed E-state index contributed by atoms with van der Waals surface area (Å²) in [7, 11) is 2.00. The monoisotopic (exact) mass is 425 g/mol. The van der Waals surface area contributed by atoms with E-state index in [1.54, 1.807) is 11.3 Å². The van der Waals surface area contributed by atoms with Gasteiger partial charge in [-0.3, -0.25) is 15.1 Å². The number of thiophene rings is 1. The molecule has 0 aliphatic carbocycles. The van der Waals surface area contributed by atoms with Crippen LogP contribution in [-0.2, 0) is 7.05 Å². The van der Waals surface area contributed by atoms with Gasteiger partial charge in [-0.15, -0.1) is 11.3 Å². The van der Waals surface area contributed by atoms with Gasteiger partial charge in [0.25, 0.3) is 0 Å². The van der Waals surface area contributed by atoms with E-state index in [9.17, 15) is 0 Å². The molecule has 2 N–H and O–H groups in total. The van der Waals surface area contributed by atoms with Crippen molar-refractivity contribution in [1.29, 1.82) is 0 Å². The molecule has 31 heavy (non-hydrogen) atoms. The van der Waals surface area contributed by atoms with E-state index in [2.05, 4.69) is 61.3 Å². The summed E-state index contributed by atoms with van der Waals surface area (Å²) >= 11 is 1.78. The number of pyridine rings is 2. The zero-order valence-electron chi connectivity index (χ0n) is 17.3. The minimum atomic E-state index is 0.863. The molecule has 0 aliphatic heterocycles. The smallest absolute Gasteiger partial charge is 0.116 e. The maximum atomic E-state index is 4.61. The van der Waals surface area contributed by atoms with Crippen LogP contribution in [0.25, 0.3) is 55.0 Å². The van der Waals surface area contributed by atoms with Crippen LogP contribution in [0.3, 0.4) is 0 Å². The molecular weight excluding hydrogens is 406 g/mol. The highest BCUT2D eigenvalue weighted by molar-refractivity contribution is 7.15. The third-order valence-corrected chi connectivity index (χ3v) is 6.77. The molecule has 7 nitrogen and oxygen atoms in total. The van der Waals surface area contributed by atoms with E-state index in [0.717, 1.165) is 56.0 Å². The molecule has 6 aromatic heterocycles. The molecule has 0 atom stereocenters. The highest BCUT2D eigenvalue weighted by Crippen LogP contribution is 2.36. The topological polar surface area (TPSA) is 88.1 Å². The van der Waals surface area contributed by atoms with Gasteiger partial charge in [-0.2, -0.15) is 5.10 Å². The summed E-state index contributed by atoms with van der Waals surface area (Å²) in [5.74, 6) is 0.948. The summed E-state index contributed by atoms with van der Waals surface area (Å²) in [6.45, 7) is 4.10. The van der Waals surface area contributed by atoms with Gasteiger partial charge in [0.1, 0.15) is 11.5 Å². The van der Waals surface area contributed by atoms with Gasteiger partial charge in [-0.05, 0) is 38.1 Å². The van der Waals surface area contributed by atoms with Gasteiger partial charge in [0.05, 0.1) is 46.7 Å². The quantitative estimate of drug-likeness (QED) is 0.405. The summed E-state index contributed by atoms with van der Waals surface area (Å²) in [5, 5.41) is 9.85. The molecule has 0 spiro atoms. The van der Waals surface area contributed by atoms with Crippen LogP contribution in [0, 0.1) is 13.8 Å². The van der Waals surface area contributed by atoms with Crippen LogP contribution in [-0.4, -0.2) is 34.7 Å². The van der Waals surface area contributed by atoms with Crippen LogP contribution < -0.4 is 0 Å². The number of hydrogen-bond donors (Lipinski definition) is 2. The van der Waals surface area contributed by atoms with E-state index < -0.39 is 0 Å². The predicted octanol–water partition coefficient (Wildman–Crippen LogP) is 5.25. The minimum absolute atomic E-state index is 0.863. The fraction of sp³-hybridized carbons (Fsp3) is 0.130. The Morgan fingerprint density at radius 1 is 0.935 bits per heavy atom. The van der Waals surface area contributed by atoms with Crippen LogP contribution in [0.5, 0.6) is 0 Å². The molecule has 6 aromatic rings. The Kier molecular flexibility index (Phi) is 3.85. The molecule has 0 bridgehead atoms. The van der Waals surface area contributed by atoms with E-state index in [1.165, 1.54) is 9.75 Å². The molecule has 0 aliphatic rings. The van der Waals surface area contributed by atoms with Crippen molar-refractivity contribution in [2.45, 2.75) is 13.8 Å². The van der Waals surface area contributed by atoms with Gasteiger partial charge in [-0.25, -0.2) is 4.98 Å². The number of H-pyrrole nitrogens is 2. The normalized spacial score (nSPS) is 11.7. The first-order valence-electron chi connectivity index (χ1n) is 9.95. The lowest BCUT2D eigenvalue weighted by Gasteiger charge is -2.03. The van der Waals surface area contributed by atoms with Crippen molar-refractivity contribution in [1.82, 2.24) is 34.7 Å². The van der Waals surface area contributed by atoms with E-state index in [0.29, 0.717) is 0 Å². The highest BCUT2D eigenvalue weighted by Gasteiger charge is 2.16. The number of aryl methyl sites for hydroxylation is 2. The SMILES string of the molecule is Cc1ccc(-c2cncc3[nH]c(-c4n[nH]c5cnc(-c6cnc(C)n6C)cc45)cc23)s1. The molecule has 152 valence electrons. The first kappa shape index (κ1) is 18.0. The van der Waals surface area contributed by atoms with Gasteiger partial charge in [-0.1, -0.05) is 0 Å². The molecule has 0 saturated carbocycles. The Morgan fingerprint density at radius 3 is 2.61 bits per heavy atom. The average molecular weight is 426 g/mol. The van der Waals surface area contributed by atoms with Crippen LogP contribution in [0.4, 0.5) is 0 Å². The molecule has 0 amide bonds. The first-order chi connectivity index (χ1) is 15.1. The molecule has 0 radical (unpaired) electrons. The van der Waals surface area contributed by atoms with Crippen molar-refractivity contribution >= 4 is 33.1 Å². The first-order valence-corrected chi connectivity index (χ1v) is 10.8. The fourth-order valence-electron chi connectivity index (χ4n) is 3.96. The van der Waals surface area contributed by atoms with Crippen molar-refractivity contribution in [3.63, 3.8) is 0 Å². The number of imidazole rings is 1. The molecule has 6 heterocycles. The van der Waals surface area contributed by atoms with Crippen molar-refractivity contribution in [2.75, 3.05) is 0 Å². The molecule has 6 rings (SSSR count). The average Bonchev–Trinajstić information content (AvgIpc) is 3.54. The number of nitrogens with zero attached hydrogens (tertiary/aromatic N) is 5. The van der Waals surface area contributed by atoms with Gasteiger partial charge in [0.2, 0.25) is 0 Å². The lowest BCUT2D eigenvalue weighted by atomic mass is 10.1. The van der Waals surface area contributed by atoms with Crippen molar-refractivity contribution in [2.24, 2.45) is 7.05 Å². The third-order valence-electron chi connectivity index (χ3n) is 5.74. The maximum Gasteiger partial charge on any atom is 0.116 e. The molecule has 0 fully saturated rings. The van der Waals surface area contributed by atoms with Crippen molar-refractivity contribution < 1.29 is 0 Å². The Bertz CT molecular complexity index is 1580. The second-order valence-electron chi connectivity index (χ2n) is 7.68. The lowest BCUT2D eigenvalue weighted by Crippen LogP contribution is -1.95. The summed E-state index contributed by atoms with van der Waals surface area (Å²) in [6, 6.07) is 8.52. The van der Waals surface area contributed by atoms with Crippen LogP contribution in [0.2, 0.25) is 0 Å². The predicted molar refractivity (Wildman–Crippen MR) is 124 cm³/mol. The Balaban J connectivity index is 1.52. The molecular formula is C23H19N7S.